The first-order valence-electron chi connectivity index (χ1n) is 4.29. The van der Waals surface area contributed by atoms with Crippen molar-refractivity contribution in [2.24, 2.45) is 0 Å². The van der Waals surface area contributed by atoms with Gasteiger partial charge in [-0.2, -0.15) is 16.3 Å². The molecule has 0 bridgehead atoms. The summed E-state index contributed by atoms with van der Waals surface area (Å²) in [5.74, 6) is 0.814. The zero-order valence-electron chi connectivity index (χ0n) is 7.77. The van der Waals surface area contributed by atoms with Gasteiger partial charge in [-0.1, -0.05) is 11.6 Å². The second-order valence-electron chi connectivity index (χ2n) is 2.92. The molecule has 0 atom stereocenters. The smallest absolute Gasteiger partial charge is 0.223 e. The molecule has 3 N–H and O–H groups in total. The first-order valence-corrected chi connectivity index (χ1v) is 5.61. The molecule has 4 nitrogen and oxygen atoms in total. The molecule has 0 aliphatic rings. The minimum Gasteiger partial charge on any atom is -0.368 e. The van der Waals surface area contributed by atoms with Crippen LogP contribution < -0.4 is 11.1 Å². The molecule has 2 aromatic heterocycles. The maximum Gasteiger partial charge on any atom is 0.223 e. The highest BCUT2D eigenvalue weighted by atomic mass is 35.5. The normalized spacial score (nSPS) is 10.2. The molecule has 0 amide bonds. The lowest BCUT2D eigenvalue weighted by molar-refractivity contribution is 1.10. The molecule has 2 aromatic rings. The zero-order valence-corrected chi connectivity index (χ0v) is 9.35. The third-order valence-electron chi connectivity index (χ3n) is 1.77. The van der Waals surface area contributed by atoms with Crippen molar-refractivity contribution in [1.82, 2.24) is 9.97 Å². The number of thiophene rings is 1. The quantitative estimate of drug-likeness (QED) is 0.809. The number of nitrogens with two attached hydrogens (primary N) is 1. The number of aromatic nitrogens is 2. The van der Waals surface area contributed by atoms with E-state index in [0.29, 0.717) is 17.5 Å². The Balaban J connectivity index is 2.05. The largest absolute Gasteiger partial charge is 0.368 e. The van der Waals surface area contributed by atoms with Gasteiger partial charge in [0.2, 0.25) is 5.95 Å². The number of anilines is 2. The van der Waals surface area contributed by atoms with Crippen LogP contribution in [0.2, 0.25) is 5.15 Å². The second-order valence-corrected chi connectivity index (χ2v) is 4.09. The van der Waals surface area contributed by atoms with Crippen LogP contribution in [0.15, 0.2) is 22.9 Å². The number of nitrogens with one attached hydrogen (secondary N) is 1. The highest BCUT2D eigenvalue weighted by molar-refractivity contribution is 7.07. The summed E-state index contributed by atoms with van der Waals surface area (Å²) in [5, 5.41) is 7.56. The van der Waals surface area contributed by atoms with Gasteiger partial charge in [0, 0.05) is 12.6 Å². The summed E-state index contributed by atoms with van der Waals surface area (Å²) in [6, 6.07) is 3.69. The first-order chi connectivity index (χ1) is 7.24. The van der Waals surface area contributed by atoms with Crippen LogP contribution >= 0.6 is 22.9 Å². The van der Waals surface area contributed by atoms with Crippen LogP contribution in [0.25, 0.3) is 0 Å². The summed E-state index contributed by atoms with van der Waals surface area (Å²) >= 11 is 7.40. The Kier molecular flexibility index (Phi) is 3.03. The van der Waals surface area contributed by atoms with E-state index in [-0.39, 0.29) is 5.95 Å². The van der Waals surface area contributed by atoms with Crippen molar-refractivity contribution < 1.29 is 0 Å². The van der Waals surface area contributed by atoms with Crippen molar-refractivity contribution in [3.05, 3.63) is 33.6 Å². The van der Waals surface area contributed by atoms with E-state index < -0.39 is 0 Å². The Morgan fingerprint density at radius 3 is 3.00 bits per heavy atom. The summed E-state index contributed by atoms with van der Waals surface area (Å²) in [6.45, 7) is 0.705. The van der Waals surface area contributed by atoms with E-state index in [2.05, 4.69) is 20.7 Å². The number of nitrogen functional groups attached to an aromatic ring is 1. The van der Waals surface area contributed by atoms with Gasteiger partial charge in [0.1, 0.15) is 11.0 Å². The van der Waals surface area contributed by atoms with Crippen LogP contribution in [-0.4, -0.2) is 9.97 Å². The Hall–Kier alpha value is -1.33. The molecule has 0 saturated heterocycles. The van der Waals surface area contributed by atoms with Gasteiger partial charge in [-0.3, -0.25) is 0 Å². The summed E-state index contributed by atoms with van der Waals surface area (Å²) in [5.41, 5.74) is 6.67. The molecule has 78 valence electrons. The summed E-state index contributed by atoms with van der Waals surface area (Å²) < 4.78 is 0. The van der Waals surface area contributed by atoms with Crippen LogP contribution in [0.1, 0.15) is 5.56 Å². The van der Waals surface area contributed by atoms with Crippen molar-refractivity contribution in [2.75, 3.05) is 11.1 Å². The molecule has 0 radical (unpaired) electrons. The van der Waals surface area contributed by atoms with Gasteiger partial charge in [-0.25, -0.2) is 4.98 Å². The molecule has 6 heteroatoms. The molecule has 0 aliphatic carbocycles. The van der Waals surface area contributed by atoms with Crippen LogP contribution in [0.3, 0.4) is 0 Å². The molecule has 0 aromatic carbocycles. The molecule has 2 rings (SSSR count). The van der Waals surface area contributed by atoms with E-state index in [4.69, 9.17) is 17.3 Å². The van der Waals surface area contributed by atoms with Crippen molar-refractivity contribution in [2.45, 2.75) is 6.54 Å². The SMILES string of the molecule is Nc1nc(Cl)cc(NCc2ccsc2)n1. The van der Waals surface area contributed by atoms with Gasteiger partial charge in [-0.05, 0) is 22.4 Å². The van der Waals surface area contributed by atoms with Crippen LogP contribution in [0, 0.1) is 0 Å². The third kappa shape index (κ3) is 2.81. The van der Waals surface area contributed by atoms with Gasteiger partial charge >= 0.3 is 0 Å². The Morgan fingerprint density at radius 1 is 1.47 bits per heavy atom. The highest BCUT2D eigenvalue weighted by Gasteiger charge is 2.00. The zero-order chi connectivity index (χ0) is 10.7. The Morgan fingerprint density at radius 2 is 2.33 bits per heavy atom. The van der Waals surface area contributed by atoms with Crippen LogP contribution in [0.4, 0.5) is 11.8 Å². The molecule has 15 heavy (non-hydrogen) atoms. The van der Waals surface area contributed by atoms with E-state index in [0.717, 1.165) is 0 Å². The monoisotopic (exact) mass is 240 g/mol. The van der Waals surface area contributed by atoms with Crippen molar-refractivity contribution in [1.29, 1.82) is 0 Å². The maximum absolute atomic E-state index is 5.74. The van der Waals surface area contributed by atoms with E-state index in [1.54, 1.807) is 17.4 Å². The lowest BCUT2D eigenvalue weighted by Crippen LogP contribution is -2.03. The fraction of sp³-hybridized carbons (Fsp3) is 0.111. The third-order valence-corrected chi connectivity index (χ3v) is 2.69. The van der Waals surface area contributed by atoms with E-state index in [1.807, 2.05) is 11.4 Å². The Bertz CT molecular complexity index is 423. The van der Waals surface area contributed by atoms with Gasteiger partial charge < -0.3 is 11.1 Å². The van der Waals surface area contributed by atoms with Gasteiger partial charge in [-0.15, -0.1) is 0 Å². The molecule has 0 fully saturated rings. The number of rotatable bonds is 3. The standard InChI is InChI=1S/C9H9ClN4S/c10-7-3-8(14-9(11)13-7)12-4-6-1-2-15-5-6/h1-3,5H,4H2,(H3,11,12,13,14). The Labute approximate surface area is 96.1 Å². The van der Waals surface area contributed by atoms with Crippen LogP contribution in [0.5, 0.6) is 0 Å². The van der Waals surface area contributed by atoms with E-state index in [9.17, 15) is 0 Å². The van der Waals surface area contributed by atoms with Gasteiger partial charge in [0.25, 0.3) is 0 Å². The minimum absolute atomic E-state index is 0.176. The topological polar surface area (TPSA) is 63.8 Å². The molecule has 0 saturated carbocycles. The maximum atomic E-state index is 5.74. The fourth-order valence-electron chi connectivity index (χ4n) is 1.11. The average molecular weight is 241 g/mol. The number of nitrogens with zero attached hydrogens (tertiary/aromatic N) is 2. The van der Waals surface area contributed by atoms with Crippen molar-refractivity contribution >= 4 is 34.7 Å². The predicted molar refractivity (Wildman–Crippen MR) is 63.1 cm³/mol. The molecule has 0 aliphatic heterocycles. The summed E-state index contributed by atoms with van der Waals surface area (Å²) in [7, 11) is 0. The molecule has 0 unspecified atom stereocenters. The van der Waals surface area contributed by atoms with E-state index in [1.165, 1.54) is 5.56 Å². The fourth-order valence-corrected chi connectivity index (χ4v) is 1.97. The number of halogens is 1. The average Bonchev–Trinajstić information content (AvgIpc) is 2.65. The molecular weight excluding hydrogens is 232 g/mol. The predicted octanol–water partition coefficient (Wildman–Crippen LogP) is 2.39. The lowest BCUT2D eigenvalue weighted by atomic mass is 10.3. The van der Waals surface area contributed by atoms with Gasteiger partial charge in [0.15, 0.2) is 0 Å². The lowest BCUT2D eigenvalue weighted by Gasteiger charge is -2.04. The minimum atomic E-state index is 0.176. The van der Waals surface area contributed by atoms with Crippen LogP contribution in [-0.2, 0) is 6.54 Å². The highest BCUT2D eigenvalue weighted by Crippen LogP contribution is 2.14. The summed E-state index contributed by atoms with van der Waals surface area (Å²) in [4.78, 5) is 7.78. The van der Waals surface area contributed by atoms with Crippen molar-refractivity contribution in [3.63, 3.8) is 0 Å². The number of hydrogen-bond acceptors (Lipinski definition) is 5. The summed E-state index contributed by atoms with van der Waals surface area (Å²) in [6.07, 6.45) is 0. The molecular formula is C9H9ClN4S. The molecule has 0 spiro atoms. The van der Waals surface area contributed by atoms with Crippen molar-refractivity contribution in [3.8, 4) is 0 Å². The number of hydrogen-bond donors (Lipinski definition) is 2. The van der Waals surface area contributed by atoms with Gasteiger partial charge in [0.05, 0.1) is 0 Å². The first kappa shape index (κ1) is 10.2. The van der Waals surface area contributed by atoms with E-state index >= 15 is 0 Å². The molecule has 2 heterocycles. The second kappa shape index (κ2) is 4.46.